The molecule has 0 radical (unpaired) electrons. The summed E-state index contributed by atoms with van der Waals surface area (Å²) in [5, 5.41) is 14.8. The smallest absolute Gasteiger partial charge is 0.338 e. The molecule has 5 aromatic carbocycles. The molecule has 2 amide bonds. The number of fused-ring (bicyclic) bond motifs is 2. The van der Waals surface area contributed by atoms with Crippen molar-refractivity contribution in [2.75, 3.05) is 26.4 Å². The molecule has 0 atom stereocenters. The number of carbonyl (C=O) groups excluding carboxylic acids is 4. The zero-order valence-electron chi connectivity index (χ0n) is 24.2. The van der Waals surface area contributed by atoms with Gasteiger partial charge in [-0.25, -0.2) is 9.59 Å². The first kappa shape index (κ1) is 30.4. The van der Waals surface area contributed by atoms with Gasteiger partial charge in [-0.15, -0.1) is 0 Å². The molecule has 0 aliphatic carbocycles. The van der Waals surface area contributed by atoms with Gasteiger partial charge < -0.3 is 14.6 Å². The normalized spacial score (nSPS) is 13.2. The van der Waals surface area contributed by atoms with Gasteiger partial charge in [0.25, 0.3) is 11.8 Å². The van der Waals surface area contributed by atoms with Gasteiger partial charge in [-0.2, -0.15) is 0 Å². The van der Waals surface area contributed by atoms with Crippen LogP contribution in [0.1, 0.15) is 81.0 Å². The molecular formula is C34H29Br2NO7. The maximum Gasteiger partial charge on any atom is 0.338 e. The lowest BCUT2D eigenvalue weighted by Gasteiger charge is -2.29. The van der Waals surface area contributed by atoms with Crippen LogP contribution in [0.15, 0.2) is 45.3 Å². The van der Waals surface area contributed by atoms with Crippen molar-refractivity contribution in [3.63, 3.8) is 0 Å². The predicted octanol–water partition coefficient (Wildman–Crippen LogP) is 7.76. The van der Waals surface area contributed by atoms with E-state index in [1.165, 1.54) is 0 Å². The molecule has 8 nitrogen and oxygen atoms in total. The largest absolute Gasteiger partial charge is 0.462 e. The van der Waals surface area contributed by atoms with Gasteiger partial charge in [0.1, 0.15) is 0 Å². The molecule has 0 saturated heterocycles. The van der Waals surface area contributed by atoms with E-state index in [0.29, 0.717) is 54.5 Å². The van der Waals surface area contributed by atoms with Gasteiger partial charge in [-0.3, -0.25) is 14.5 Å². The van der Waals surface area contributed by atoms with Crippen molar-refractivity contribution in [2.24, 2.45) is 0 Å². The first-order valence-electron chi connectivity index (χ1n) is 14.7. The van der Waals surface area contributed by atoms with Crippen molar-refractivity contribution in [3.8, 4) is 0 Å². The Morgan fingerprint density at radius 3 is 1.86 bits per heavy atom. The van der Waals surface area contributed by atoms with Gasteiger partial charge in [0.2, 0.25) is 0 Å². The number of halogens is 2. The molecule has 0 bridgehead atoms. The first-order valence-corrected chi connectivity index (χ1v) is 16.2. The highest BCUT2D eigenvalue weighted by Crippen LogP contribution is 2.49. The van der Waals surface area contributed by atoms with E-state index in [1.54, 1.807) is 24.3 Å². The summed E-state index contributed by atoms with van der Waals surface area (Å²) in [6.07, 6.45) is 3.14. The molecule has 0 spiro atoms. The van der Waals surface area contributed by atoms with Gasteiger partial charge in [0.05, 0.1) is 37.5 Å². The van der Waals surface area contributed by atoms with E-state index < -0.39 is 23.8 Å². The molecule has 1 aliphatic heterocycles. The maximum atomic E-state index is 13.5. The molecule has 1 N–H and O–H groups in total. The summed E-state index contributed by atoms with van der Waals surface area (Å²) in [5.41, 5.74) is 1.21. The molecule has 1 heterocycles. The molecule has 10 heteroatoms. The molecule has 0 aromatic heterocycles. The zero-order valence-corrected chi connectivity index (χ0v) is 27.4. The number of aliphatic hydroxyl groups excluding tert-OH is 1. The molecule has 0 unspecified atom stereocenters. The van der Waals surface area contributed by atoms with Crippen molar-refractivity contribution in [1.29, 1.82) is 0 Å². The quantitative estimate of drug-likeness (QED) is 0.0516. The fourth-order valence-corrected chi connectivity index (χ4v) is 7.43. The SMILES string of the molecule is CCCCOC(=O)c1ccc2c3c(Br)cc4c5c(ccc(c6c(Br)cc(C(=O)OCCCC)c1c26)c53)C(=O)N(CCO)C4=O. The second-order valence-electron chi connectivity index (χ2n) is 10.8. The van der Waals surface area contributed by atoms with Crippen molar-refractivity contribution in [1.82, 2.24) is 4.90 Å². The number of esters is 2. The number of amides is 2. The van der Waals surface area contributed by atoms with Crippen LogP contribution in [0.4, 0.5) is 0 Å². The Kier molecular flexibility index (Phi) is 8.34. The van der Waals surface area contributed by atoms with Crippen molar-refractivity contribution >= 4 is 98.7 Å². The number of carbonyl (C=O) groups is 4. The number of benzene rings is 5. The van der Waals surface area contributed by atoms with Gasteiger partial charge in [0.15, 0.2) is 0 Å². The topological polar surface area (TPSA) is 110 Å². The highest BCUT2D eigenvalue weighted by atomic mass is 79.9. The first-order chi connectivity index (χ1) is 21.2. The van der Waals surface area contributed by atoms with Crippen molar-refractivity contribution in [3.05, 3.63) is 67.6 Å². The van der Waals surface area contributed by atoms with Crippen molar-refractivity contribution < 1.29 is 33.8 Å². The third-order valence-corrected chi connectivity index (χ3v) is 9.44. The van der Waals surface area contributed by atoms with E-state index in [9.17, 15) is 24.3 Å². The van der Waals surface area contributed by atoms with E-state index in [1.807, 2.05) is 26.0 Å². The van der Waals surface area contributed by atoms with Crippen LogP contribution >= 0.6 is 31.9 Å². The minimum absolute atomic E-state index is 0.109. The van der Waals surface area contributed by atoms with Crippen LogP contribution in [0.2, 0.25) is 0 Å². The van der Waals surface area contributed by atoms with Gasteiger partial charge in [0, 0.05) is 52.4 Å². The highest BCUT2D eigenvalue weighted by molar-refractivity contribution is 9.11. The predicted molar refractivity (Wildman–Crippen MR) is 176 cm³/mol. The minimum Gasteiger partial charge on any atom is -0.462 e. The molecule has 226 valence electrons. The molecule has 1 aliphatic rings. The average Bonchev–Trinajstić information content (AvgIpc) is 3.01. The van der Waals surface area contributed by atoms with E-state index >= 15 is 0 Å². The number of hydrogen-bond donors (Lipinski definition) is 1. The molecule has 5 aromatic rings. The monoisotopic (exact) mass is 721 g/mol. The summed E-state index contributed by atoms with van der Waals surface area (Å²) in [7, 11) is 0. The fourth-order valence-electron chi connectivity index (χ4n) is 6.15. The number of β-amino-alcohol motifs (C(OH)–C–C–N with tert-alkyl or cyclic N) is 1. The summed E-state index contributed by atoms with van der Waals surface area (Å²) in [6.45, 7) is 4.07. The second-order valence-corrected chi connectivity index (χ2v) is 12.6. The van der Waals surface area contributed by atoms with Crippen LogP contribution in [0.25, 0.3) is 43.1 Å². The zero-order chi connectivity index (χ0) is 31.3. The van der Waals surface area contributed by atoms with Gasteiger partial charge >= 0.3 is 11.9 Å². The second kappa shape index (κ2) is 12.1. The maximum absolute atomic E-state index is 13.5. The van der Waals surface area contributed by atoms with Gasteiger partial charge in [-0.05, 0) is 47.9 Å². The van der Waals surface area contributed by atoms with Crippen LogP contribution in [0.5, 0.6) is 0 Å². The van der Waals surface area contributed by atoms with Gasteiger partial charge in [-0.1, -0.05) is 70.7 Å². The molecule has 6 rings (SSSR count). The van der Waals surface area contributed by atoms with E-state index in [-0.39, 0.29) is 37.5 Å². The Morgan fingerprint density at radius 1 is 0.705 bits per heavy atom. The average molecular weight is 723 g/mol. The van der Waals surface area contributed by atoms with Crippen LogP contribution in [-0.4, -0.2) is 60.1 Å². The number of nitrogens with zero attached hydrogens (tertiary/aromatic N) is 1. The Hall–Kier alpha value is -3.60. The minimum atomic E-state index is -0.541. The number of aliphatic hydroxyl groups is 1. The van der Waals surface area contributed by atoms with Crippen LogP contribution < -0.4 is 0 Å². The highest BCUT2D eigenvalue weighted by Gasteiger charge is 2.35. The Bertz CT molecular complexity index is 2020. The van der Waals surface area contributed by atoms with Crippen LogP contribution in [-0.2, 0) is 9.47 Å². The summed E-state index contributed by atoms with van der Waals surface area (Å²) in [5.74, 6) is -2.02. The number of hydrogen-bond acceptors (Lipinski definition) is 7. The Balaban J connectivity index is 1.74. The van der Waals surface area contributed by atoms with E-state index in [0.717, 1.165) is 39.3 Å². The molecule has 0 saturated carbocycles. The number of rotatable bonds is 10. The lowest BCUT2D eigenvalue weighted by atomic mass is 9.83. The van der Waals surface area contributed by atoms with Crippen LogP contribution in [0, 0.1) is 0 Å². The fraction of sp³-hybridized carbons (Fsp3) is 0.294. The summed E-state index contributed by atoms with van der Waals surface area (Å²) in [4.78, 5) is 55.0. The number of imide groups is 1. The standard InChI is InChI=1S/C34H29Br2NO7/c1-3-5-13-43-33(41)20-10-8-18-27-23(35)15-21-25-19(31(39)37(11-12-38)32(21)40)9-7-17(29(25)27)28-24(36)16-22(26(20)30(18)28)34(42)44-14-6-4-2/h7-10,15-16,38H,3-6,11-14H2,1-2H3. The lowest BCUT2D eigenvalue weighted by Crippen LogP contribution is -2.42. The number of unbranched alkanes of at least 4 members (excludes halogenated alkanes) is 2. The van der Waals surface area contributed by atoms with Crippen LogP contribution in [0.3, 0.4) is 0 Å². The third kappa shape index (κ3) is 4.66. The molecular weight excluding hydrogens is 694 g/mol. The summed E-state index contributed by atoms with van der Waals surface area (Å²) < 4.78 is 12.5. The molecule has 44 heavy (non-hydrogen) atoms. The third-order valence-electron chi connectivity index (χ3n) is 8.18. The summed E-state index contributed by atoms with van der Waals surface area (Å²) >= 11 is 7.41. The molecule has 0 fully saturated rings. The Labute approximate surface area is 269 Å². The van der Waals surface area contributed by atoms with E-state index in [4.69, 9.17) is 9.47 Å². The lowest BCUT2D eigenvalue weighted by molar-refractivity contribution is 0.0500. The number of ether oxygens (including phenoxy) is 2. The summed E-state index contributed by atoms with van der Waals surface area (Å²) in [6, 6.07) is 10.4. The van der Waals surface area contributed by atoms with E-state index in [2.05, 4.69) is 31.9 Å². The van der Waals surface area contributed by atoms with Crippen molar-refractivity contribution in [2.45, 2.75) is 39.5 Å². The Morgan fingerprint density at radius 2 is 1.25 bits per heavy atom.